The first kappa shape index (κ1) is 24.3. The lowest BCUT2D eigenvalue weighted by Crippen LogP contribution is -2.46. The molecule has 0 aliphatic heterocycles. The molecule has 0 spiro atoms. The number of guanidine groups is 1. The third-order valence-electron chi connectivity index (χ3n) is 5.71. The Morgan fingerprint density at radius 3 is 2.50 bits per heavy atom. The summed E-state index contributed by atoms with van der Waals surface area (Å²) in [4.78, 5) is 4.70. The zero-order chi connectivity index (χ0) is 20.5. The molecule has 1 aliphatic carbocycles. The van der Waals surface area contributed by atoms with E-state index in [1.807, 2.05) is 12.1 Å². The van der Waals surface area contributed by atoms with Crippen molar-refractivity contribution in [1.29, 1.82) is 0 Å². The van der Waals surface area contributed by atoms with Crippen molar-refractivity contribution in [2.75, 3.05) is 27.3 Å². The van der Waals surface area contributed by atoms with Crippen molar-refractivity contribution in [1.82, 2.24) is 20.8 Å². The highest BCUT2D eigenvalue weighted by atomic mass is 127. The van der Waals surface area contributed by atoms with Gasteiger partial charge in [-0.2, -0.15) is 5.10 Å². The molecule has 0 atom stereocenters. The summed E-state index contributed by atoms with van der Waals surface area (Å²) >= 11 is 0. The molecule has 1 heterocycles. The normalized spacial score (nSPS) is 15.8. The van der Waals surface area contributed by atoms with E-state index in [4.69, 9.17) is 14.5 Å². The molecule has 1 aliphatic rings. The topological polar surface area (TPSA) is 83.6 Å². The molecule has 0 saturated heterocycles. The second-order valence-corrected chi connectivity index (χ2v) is 7.54. The van der Waals surface area contributed by atoms with E-state index in [2.05, 4.69) is 39.9 Å². The molecule has 0 unspecified atom stereocenters. The van der Waals surface area contributed by atoms with Crippen molar-refractivity contribution in [3.05, 3.63) is 41.7 Å². The van der Waals surface area contributed by atoms with Crippen LogP contribution in [0, 0.1) is 0 Å². The van der Waals surface area contributed by atoms with Crippen LogP contribution in [0.1, 0.15) is 50.3 Å². The molecule has 3 rings (SSSR count). The monoisotopic (exact) mass is 527 g/mol. The van der Waals surface area contributed by atoms with Crippen molar-refractivity contribution < 1.29 is 9.47 Å². The van der Waals surface area contributed by atoms with Gasteiger partial charge in [-0.3, -0.25) is 5.10 Å². The number of methoxy groups -OCH3 is 2. The van der Waals surface area contributed by atoms with E-state index in [1.54, 1.807) is 20.4 Å². The van der Waals surface area contributed by atoms with Crippen LogP contribution >= 0.6 is 24.0 Å². The molecule has 1 fully saturated rings. The van der Waals surface area contributed by atoms with Gasteiger partial charge < -0.3 is 20.1 Å². The van der Waals surface area contributed by atoms with Gasteiger partial charge in [0.25, 0.3) is 0 Å². The second-order valence-electron chi connectivity index (χ2n) is 7.54. The van der Waals surface area contributed by atoms with Crippen LogP contribution in [0.25, 0.3) is 0 Å². The maximum atomic E-state index is 5.57. The number of aliphatic imine (C=N–C) groups is 1. The third kappa shape index (κ3) is 6.02. The summed E-state index contributed by atoms with van der Waals surface area (Å²) in [5.41, 5.74) is 2.35. The molecule has 1 aromatic heterocycles. The van der Waals surface area contributed by atoms with Gasteiger partial charge in [-0.25, -0.2) is 4.99 Å². The summed E-state index contributed by atoms with van der Waals surface area (Å²) in [5, 5.41) is 13.9. The maximum absolute atomic E-state index is 5.57. The first-order valence-electron chi connectivity index (χ1n) is 10.4. The number of halogens is 1. The van der Waals surface area contributed by atoms with Crippen molar-refractivity contribution in [3.63, 3.8) is 0 Å². The minimum Gasteiger partial charge on any atom is -0.493 e. The van der Waals surface area contributed by atoms with E-state index in [0.717, 1.165) is 49.1 Å². The van der Waals surface area contributed by atoms with Crippen LogP contribution in [0.5, 0.6) is 11.5 Å². The van der Waals surface area contributed by atoms with Crippen molar-refractivity contribution in [3.8, 4) is 11.5 Å². The molecule has 1 saturated carbocycles. The Morgan fingerprint density at radius 1 is 1.10 bits per heavy atom. The Kier molecular flexibility index (Phi) is 9.74. The lowest BCUT2D eigenvalue weighted by molar-refractivity contribution is 0.288. The SMILES string of the molecule is CCNC(=NCc1ccn[nH]1)NCC1(c2ccc(OC)c(OC)c2)CCCCC1.I. The van der Waals surface area contributed by atoms with Crippen LogP contribution in [-0.4, -0.2) is 43.5 Å². The van der Waals surface area contributed by atoms with Crippen molar-refractivity contribution >= 4 is 29.9 Å². The zero-order valence-electron chi connectivity index (χ0n) is 18.2. The number of rotatable bonds is 8. The van der Waals surface area contributed by atoms with Crippen molar-refractivity contribution in [2.24, 2.45) is 4.99 Å². The average molecular weight is 527 g/mol. The molecule has 166 valence electrons. The molecule has 2 aromatic rings. The second kappa shape index (κ2) is 12.0. The summed E-state index contributed by atoms with van der Waals surface area (Å²) in [5.74, 6) is 2.38. The van der Waals surface area contributed by atoms with Gasteiger partial charge in [0.1, 0.15) is 0 Å². The molecule has 0 bridgehead atoms. The van der Waals surface area contributed by atoms with E-state index >= 15 is 0 Å². The first-order chi connectivity index (χ1) is 14.2. The number of nitrogens with one attached hydrogen (secondary N) is 3. The van der Waals surface area contributed by atoms with Gasteiger partial charge in [-0.1, -0.05) is 25.3 Å². The predicted molar refractivity (Wildman–Crippen MR) is 131 cm³/mol. The summed E-state index contributed by atoms with van der Waals surface area (Å²) in [6, 6.07) is 8.28. The Morgan fingerprint density at radius 2 is 1.87 bits per heavy atom. The molecule has 3 N–H and O–H groups in total. The summed E-state index contributed by atoms with van der Waals surface area (Å²) in [7, 11) is 3.37. The maximum Gasteiger partial charge on any atom is 0.191 e. The lowest BCUT2D eigenvalue weighted by atomic mass is 9.69. The standard InChI is InChI=1S/C22H33N5O2.HI/c1-4-23-21(24-15-18-10-13-26-27-18)25-16-22(11-6-5-7-12-22)17-8-9-19(28-2)20(14-17)29-3;/h8-10,13-14H,4-7,11-12,15-16H2,1-3H3,(H,26,27)(H2,23,24,25);1H. The van der Waals surface area contributed by atoms with Crippen LogP contribution in [0.4, 0.5) is 0 Å². The van der Waals surface area contributed by atoms with Crippen LogP contribution in [0.3, 0.4) is 0 Å². The molecule has 0 amide bonds. The van der Waals surface area contributed by atoms with E-state index in [9.17, 15) is 0 Å². The minimum absolute atomic E-state index is 0. The number of aromatic amines is 1. The molecule has 0 radical (unpaired) electrons. The van der Waals surface area contributed by atoms with E-state index in [0.29, 0.717) is 6.54 Å². The summed E-state index contributed by atoms with van der Waals surface area (Å²) < 4.78 is 11.0. The highest BCUT2D eigenvalue weighted by Crippen LogP contribution is 2.42. The molecule has 7 nitrogen and oxygen atoms in total. The fourth-order valence-corrected chi connectivity index (χ4v) is 4.09. The van der Waals surface area contributed by atoms with Gasteiger partial charge in [-0.05, 0) is 43.5 Å². The predicted octanol–water partition coefficient (Wildman–Crippen LogP) is 4.00. The Labute approximate surface area is 196 Å². The van der Waals surface area contributed by atoms with Crippen LogP contribution < -0.4 is 20.1 Å². The van der Waals surface area contributed by atoms with Gasteiger partial charge in [-0.15, -0.1) is 24.0 Å². The van der Waals surface area contributed by atoms with Crippen LogP contribution in [0.15, 0.2) is 35.5 Å². The fraction of sp³-hybridized carbons (Fsp3) is 0.545. The molecular weight excluding hydrogens is 493 g/mol. The number of hydrogen-bond acceptors (Lipinski definition) is 4. The number of benzene rings is 1. The summed E-state index contributed by atoms with van der Waals surface area (Å²) in [6.07, 6.45) is 7.81. The zero-order valence-corrected chi connectivity index (χ0v) is 20.5. The third-order valence-corrected chi connectivity index (χ3v) is 5.71. The molecule has 30 heavy (non-hydrogen) atoms. The van der Waals surface area contributed by atoms with Crippen LogP contribution in [-0.2, 0) is 12.0 Å². The summed E-state index contributed by atoms with van der Waals surface area (Å²) in [6.45, 7) is 4.30. The largest absolute Gasteiger partial charge is 0.493 e. The fourth-order valence-electron chi connectivity index (χ4n) is 4.09. The quantitative estimate of drug-likeness (QED) is 0.275. The molecule has 8 heteroatoms. The van der Waals surface area contributed by atoms with Crippen molar-refractivity contribution in [2.45, 2.75) is 51.0 Å². The minimum atomic E-state index is 0. The number of hydrogen-bond donors (Lipinski definition) is 3. The lowest BCUT2D eigenvalue weighted by Gasteiger charge is -2.38. The number of aromatic nitrogens is 2. The number of nitrogens with zero attached hydrogens (tertiary/aromatic N) is 2. The average Bonchev–Trinajstić information content (AvgIpc) is 3.29. The number of ether oxygens (including phenoxy) is 2. The highest BCUT2D eigenvalue weighted by molar-refractivity contribution is 14.0. The Bertz CT molecular complexity index is 789. The Hall–Kier alpha value is -1.97. The van der Waals surface area contributed by atoms with E-state index in [-0.39, 0.29) is 29.4 Å². The van der Waals surface area contributed by atoms with Crippen LogP contribution in [0.2, 0.25) is 0 Å². The van der Waals surface area contributed by atoms with E-state index in [1.165, 1.54) is 24.8 Å². The molecule has 1 aromatic carbocycles. The van der Waals surface area contributed by atoms with Gasteiger partial charge in [0.05, 0.1) is 26.5 Å². The van der Waals surface area contributed by atoms with Gasteiger partial charge in [0.2, 0.25) is 0 Å². The highest BCUT2D eigenvalue weighted by Gasteiger charge is 2.34. The van der Waals surface area contributed by atoms with E-state index < -0.39 is 0 Å². The van der Waals surface area contributed by atoms with Gasteiger partial charge in [0.15, 0.2) is 17.5 Å². The number of H-pyrrole nitrogens is 1. The Balaban J connectivity index is 0.00000320. The first-order valence-corrected chi connectivity index (χ1v) is 10.4. The van der Waals surface area contributed by atoms with Gasteiger partial charge in [0, 0.05) is 24.7 Å². The molecular formula is C22H34IN5O2. The van der Waals surface area contributed by atoms with Gasteiger partial charge >= 0.3 is 0 Å². The smallest absolute Gasteiger partial charge is 0.191 e.